The third kappa shape index (κ3) is 6.74. The van der Waals surface area contributed by atoms with Crippen LogP contribution < -0.4 is 0 Å². The van der Waals surface area contributed by atoms with E-state index in [0.29, 0.717) is 12.1 Å². The molecule has 170 valence electrons. The van der Waals surface area contributed by atoms with E-state index in [4.69, 9.17) is 0 Å². The third-order valence-electron chi connectivity index (χ3n) is 5.73. The summed E-state index contributed by atoms with van der Waals surface area (Å²) in [6.45, 7) is 4.72. The van der Waals surface area contributed by atoms with Crippen molar-refractivity contribution in [3.63, 3.8) is 0 Å². The van der Waals surface area contributed by atoms with Crippen LogP contribution in [-0.2, 0) is 17.8 Å². The van der Waals surface area contributed by atoms with Crippen molar-refractivity contribution in [1.82, 2.24) is 9.80 Å². The Kier molecular flexibility index (Phi) is 7.88. The highest BCUT2D eigenvalue weighted by Gasteiger charge is 2.22. The minimum atomic E-state index is -0.389. The maximum atomic E-state index is 12.7. The fourth-order valence-electron chi connectivity index (χ4n) is 4.02. The van der Waals surface area contributed by atoms with Crippen LogP contribution in [0.15, 0.2) is 88.7 Å². The predicted octanol–water partition coefficient (Wildman–Crippen LogP) is 4.68. The fraction of sp³-hybridized carbons (Fsp3) is 0.269. The molecule has 33 heavy (non-hydrogen) atoms. The summed E-state index contributed by atoms with van der Waals surface area (Å²) < 4.78 is 0. The minimum absolute atomic E-state index is 0.0111. The molecule has 3 aromatic rings. The van der Waals surface area contributed by atoms with Gasteiger partial charge < -0.3 is 0 Å². The first-order valence-corrected chi connectivity index (χ1v) is 11.9. The molecule has 0 spiro atoms. The van der Waals surface area contributed by atoms with E-state index in [0.717, 1.165) is 42.5 Å². The molecule has 0 aliphatic carbocycles. The van der Waals surface area contributed by atoms with Crippen molar-refractivity contribution < 1.29 is 9.72 Å². The summed E-state index contributed by atoms with van der Waals surface area (Å²) >= 11 is 1.47. The number of carbonyl (C=O) groups is 1. The minimum Gasteiger partial charge on any atom is -0.298 e. The number of rotatable bonds is 9. The Balaban J connectivity index is 1.31. The van der Waals surface area contributed by atoms with E-state index in [1.165, 1.54) is 17.3 Å². The summed E-state index contributed by atoms with van der Waals surface area (Å²) in [5.41, 5.74) is 1.78. The zero-order chi connectivity index (χ0) is 23.0. The third-order valence-corrected chi connectivity index (χ3v) is 6.73. The Hall–Kier alpha value is -3.00. The van der Waals surface area contributed by atoms with Crippen molar-refractivity contribution in [3.8, 4) is 0 Å². The quantitative estimate of drug-likeness (QED) is 0.341. The second kappa shape index (κ2) is 11.2. The molecule has 1 heterocycles. The Labute approximate surface area is 198 Å². The number of hydrogen-bond donors (Lipinski definition) is 0. The number of carbonyl (C=O) groups excluding carboxylic acids is 1. The van der Waals surface area contributed by atoms with Crippen LogP contribution in [0.5, 0.6) is 0 Å². The van der Waals surface area contributed by atoms with Crippen LogP contribution in [0.3, 0.4) is 0 Å². The summed E-state index contributed by atoms with van der Waals surface area (Å²) in [6.07, 6.45) is 0.0802. The van der Waals surface area contributed by atoms with Gasteiger partial charge in [-0.1, -0.05) is 66.4 Å². The second-order valence-electron chi connectivity index (χ2n) is 8.22. The Morgan fingerprint density at radius 3 is 2.15 bits per heavy atom. The molecule has 0 amide bonds. The normalized spacial score (nSPS) is 14.8. The molecule has 1 aliphatic heterocycles. The van der Waals surface area contributed by atoms with E-state index in [2.05, 4.69) is 34.1 Å². The van der Waals surface area contributed by atoms with E-state index in [-0.39, 0.29) is 22.8 Å². The topological polar surface area (TPSA) is 66.7 Å². The van der Waals surface area contributed by atoms with Gasteiger partial charge in [0.05, 0.1) is 11.5 Å². The first kappa shape index (κ1) is 23.2. The van der Waals surface area contributed by atoms with E-state index in [1.54, 1.807) is 12.1 Å². The van der Waals surface area contributed by atoms with Crippen LogP contribution >= 0.6 is 11.8 Å². The van der Waals surface area contributed by atoms with Gasteiger partial charge in [0.25, 0.3) is 5.69 Å². The van der Waals surface area contributed by atoms with Crippen molar-refractivity contribution in [3.05, 3.63) is 100 Å². The molecule has 0 bridgehead atoms. The van der Waals surface area contributed by atoms with E-state index in [9.17, 15) is 14.9 Å². The number of benzene rings is 3. The van der Waals surface area contributed by atoms with Gasteiger partial charge in [0, 0.05) is 60.6 Å². The summed E-state index contributed by atoms with van der Waals surface area (Å²) in [5.74, 6) is 0.0121. The van der Waals surface area contributed by atoms with E-state index in [1.807, 2.05) is 42.5 Å². The van der Waals surface area contributed by atoms with Crippen LogP contribution in [0.25, 0.3) is 0 Å². The highest BCUT2D eigenvalue weighted by Crippen LogP contribution is 2.32. The van der Waals surface area contributed by atoms with E-state index < -0.39 is 0 Å². The maximum absolute atomic E-state index is 12.7. The van der Waals surface area contributed by atoms with Crippen molar-refractivity contribution in [2.24, 2.45) is 0 Å². The number of Topliss-reactive ketones (excluding diaryl/α,β-unsaturated/α-hetero) is 1. The first-order valence-electron chi connectivity index (χ1n) is 11.1. The van der Waals surface area contributed by atoms with E-state index >= 15 is 0 Å². The maximum Gasteiger partial charge on any atom is 0.274 e. The number of piperazine rings is 1. The molecule has 0 aromatic heterocycles. The number of hydrogen-bond acceptors (Lipinski definition) is 6. The highest BCUT2D eigenvalue weighted by atomic mass is 32.2. The lowest BCUT2D eigenvalue weighted by molar-refractivity contribution is -0.385. The average molecular weight is 462 g/mol. The molecule has 6 nitrogen and oxygen atoms in total. The summed E-state index contributed by atoms with van der Waals surface area (Å²) in [7, 11) is 0. The molecule has 3 aromatic carbocycles. The van der Waals surface area contributed by atoms with Crippen LogP contribution in [0.1, 0.15) is 11.1 Å². The van der Waals surface area contributed by atoms with Gasteiger partial charge in [0.1, 0.15) is 0 Å². The molecule has 0 atom stereocenters. The van der Waals surface area contributed by atoms with Gasteiger partial charge in [0.15, 0.2) is 5.78 Å². The smallest absolute Gasteiger partial charge is 0.274 e. The molecule has 0 saturated carbocycles. The van der Waals surface area contributed by atoms with Crippen molar-refractivity contribution >= 4 is 23.2 Å². The summed E-state index contributed by atoms with van der Waals surface area (Å²) in [4.78, 5) is 30.3. The van der Waals surface area contributed by atoms with Crippen molar-refractivity contribution in [2.75, 3.05) is 32.7 Å². The lowest BCUT2D eigenvalue weighted by atomic mass is 10.1. The predicted molar refractivity (Wildman–Crippen MR) is 131 cm³/mol. The van der Waals surface area contributed by atoms with Gasteiger partial charge in [0.2, 0.25) is 0 Å². The molecular formula is C26H27N3O3S. The number of nitrogens with zero attached hydrogens (tertiary/aromatic N) is 3. The Bertz CT molecular complexity index is 1080. The van der Waals surface area contributed by atoms with Gasteiger partial charge in [-0.3, -0.25) is 24.7 Å². The lowest BCUT2D eigenvalue weighted by Gasteiger charge is -2.34. The summed E-state index contributed by atoms with van der Waals surface area (Å²) in [6, 6.07) is 25.3. The monoisotopic (exact) mass is 461 g/mol. The SMILES string of the molecule is O=C(Cc1ccc(Sc2ccccc2)cc1[N+](=O)[O-])CN1CCN(Cc2ccccc2)CC1. The number of nitro benzene ring substituents is 1. The van der Waals surface area contributed by atoms with Crippen LogP contribution in [0.4, 0.5) is 5.69 Å². The van der Waals surface area contributed by atoms with Gasteiger partial charge in [-0.15, -0.1) is 0 Å². The van der Waals surface area contributed by atoms with Crippen LogP contribution in [-0.4, -0.2) is 53.2 Å². The van der Waals surface area contributed by atoms with Gasteiger partial charge >= 0.3 is 0 Å². The lowest BCUT2D eigenvalue weighted by Crippen LogP contribution is -2.47. The highest BCUT2D eigenvalue weighted by molar-refractivity contribution is 7.99. The van der Waals surface area contributed by atoms with Crippen molar-refractivity contribution in [2.45, 2.75) is 22.8 Å². The standard InChI is InChI=1S/C26H27N3O3S/c30-23(20-28-15-13-27(14-16-28)19-21-7-3-1-4-8-21)17-22-11-12-25(18-26(22)29(31)32)33-24-9-5-2-6-10-24/h1-12,18H,13-17,19-20H2. The second-order valence-corrected chi connectivity index (χ2v) is 9.36. The Morgan fingerprint density at radius 1 is 0.848 bits per heavy atom. The molecule has 0 radical (unpaired) electrons. The van der Waals surface area contributed by atoms with Gasteiger partial charge in [-0.25, -0.2) is 0 Å². The van der Waals surface area contributed by atoms with Gasteiger partial charge in [-0.2, -0.15) is 0 Å². The number of ketones is 1. The molecule has 1 aliphatic rings. The Morgan fingerprint density at radius 2 is 1.48 bits per heavy atom. The van der Waals surface area contributed by atoms with Crippen LogP contribution in [0, 0.1) is 10.1 Å². The number of nitro groups is 1. The molecule has 1 fully saturated rings. The molecule has 7 heteroatoms. The summed E-state index contributed by atoms with van der Waals surface area (Å²) in [5, 5.41) is 11.7. The largest absolute Gasteiger partial charge is 0.298 e. The first-order chi connectivity index (χ1) is 16.1. The molecule has 0 N–H and O–H groups in total. The molecule has 0 unspecified atom stereocenters. The molecular weight excluding hydrogens is 434 g/mol. The van der Waals surface area contributed by atoms with Crippen LogP contribution in [0.2, 0.25) is 0 Å². The van der Waals surface area contributed by atoms with Crippen molar-refractivity contribution in [1.29, 1.82) is 0 Å². The zero-order valence-corrected chi connectivity index (χ0v) is 19.2. The average Bonchev–Trinajstić information content (AvgIpc) is 2.82. The molecule has 4 rings (SSSR count). The zero-order valence-electron chi connectivity index (χ0n) is 18.4. The molecule has 1 saturated heterocycles. The van der Waals surface area contributed by atoms with Gasteiger partial charge in [-0.05, 0) is 23.8 Å². The fourth-order valence-corrected chi connectivity index (χ4v) is 4.89.